The van der Waals surface area contributed by atoms with Crippen LogP contribution in [0.3, 0.4) is 0 Å². The third-order valence-electron chi connectivity index (χ3n) is 5.23. The Balaban J connectivity index is 3.23. The Bertz CT molecular complexity index is 920. The first-order chi connectivity index (χ1) is 18.0. The number of aliphatic carboxylic acids is 1. The fourth-order valence-electron chi connectivity index (χ4n) is 3.42. The van der Waals surface area contributed by atoms with Gasteiger partial charge in [0.2, 0.25) is 0 Å². The second kappa shape index (κ2) is 17.1. The Morgan fingerprint density at radius 2 is 1.37 bits per heavy atom. The molecular formula is C26H39NO11. The molecule has 3 unspecified atom stereocenters. The van der Waals surface area contributed by atoms with Gasteiger partial charge >= 0.3 is 24.4 Å². The average Bonchev–Trinajstić information content (AvgIpc) is 2.85. The van der Waals surface area contributed by atoms with Crippen LogP contribution < -0.4 is 15.2 Å². The van der Waals surface area contributed by atoms with Crippen LogP contribution in [0.1, 0.15) is 78.2 Å². The molecule has 0 saturated heterocycles. The van der Waals surface area contributed by atoms with Crippen LogP contribution in [-0.4, -0.2) is 61.0 Å². The summed E-state index contributed by atoms with van der Waals surface area (Å²) in [5, 5.41) is 9.61. The maximum atomic E-state index is 12.1. The lowest BCUT2D eigenvalue weighted by Gasteiger charge is -2.25. The van der Waals surface area contributed by atoms with Gasteiger partial charge in [-0.1, -0.05) is 33.3 Å². The molecule has 0 aromatic heterocycles. The van der Waals surface area contributed by atoms with Gasteiger partial charge in [0.05, 0.1) is 13.2 Å². The summed E-state index contributed by atoms with van der Waals surface area (Å²) >= 11 is 0. The van der Waals surface area contributed by atoms with Crippen LogP contribution in [0.2, 0.25) is 0 Å². The summed E-state index contributed by atoms with van der Waals surface area (Å²) in [7, 11) is 0. The van der Waals surface area contributed by atoms with Crippen molar-refractivity contribution in [1.82, 2.24) is 0 Å². The van der Waals surface area contributed by atoms with Gasteiger partial charge in [-0.2, -0.15) is 0 Å². The molecule has 12 heteroatoms. The lowest BCUT2D eigenvalue weighted by atomic mass is 9.87. The zero-order chi connectivity index (χ0) is 28.7. The van der Waals surface area contributed by atoms with Crippen LogP contribution >= 0.6 is 0 Å². The van der Waals surface area contributed by atoms with E-state index in [1.165, 1.54) is 18.2 Å². The number of hydrogen-bond donors (Lipinski definition) is 2. The summed E-state index contributed by atoms with van der Waals surface area (Å²) in [5.41, 5.74) is 6.30. The first-order valence-corrected chi connectivity index (χ1v) is 12.7. The molecule has 0 aliphatic rings. The van der Waals surface area contributed by atoms with Crippen LogP contribution in [-0.2, 0) is 23.7 Å². The summed E-state index contributed by atoms with van der Waals surface area (Å²) in [6, 6.07) is 2.70. The molecule has 1 aromatic carbocycles. The molecule has 0 bridgehead atoms. The number of carbonyl (C=O) groups excluding carboxylic acids is 3. The predicted molar refractivity (Wildman–Crippen MR) is 135 cm³/mol. The lowest BCUT2D eigenvalue weighted by molar-refractivity contribution is -0.139. The molecule has 0 aliphatic heterocycles. The van der Waals surface area contributed by atoms with Crippen molar-refractivity contribution in [3.63, 3.8) is 0 Å². The molecule has 0 fully saturated rings. The van der Waals surface area contributed by atoms with Crippen LogP contribution in [0.25, 0.3) is 0 Å². The van der Waals surface area contributed by atoms with Crippen LogP contribution in [0.4, 0.5) is 14.4 Å². The van der Waals surface area contributed by atoms with Crippen molar-refractivity contribution in [3.8, 4) is 11.5 Å². The Labute approximate surface area is 222 Å². The van der Waals surface area contributed by atoms with Gasteiger partial charge in [0.25, 0.3) is 0 Å². The zero-order valence-electron chi connectivity index (χ0n) is 22.6. The van der Waals surface area contributed by atoms with Crippen molar-refractivity contribution in [1.29, 1.82) is 0 Å². The first-order valence-electron chi connectivity index (χ1n) is 12.7. The van der Waals surface area contributed by atoms with E-state index < -0.39 is 42.5 Å². The van der Waals surface area contributed by atoms with Crippen molar-refractivity contribution < 1.29 is 52.7 Å². The summed E-state index contributed by atoms with van der Waals surface area (Å²) in [6.45, 7) is 9.11. The summed E-state index contributed by atoms with van der Waals surface area (Å²) in [4.78, 5) is 48.0. The molecule has 0 saturated carbocycles. The number of ether oxygens (including phenoxy) is 6. The van der Waals surface area contributed by atoms with E-state index in [1.54, 1.807) is 20.8 Å². The van der Waals surface area contributed by atoms with Gasteiger partial charge in [0.1, 0.15) is 18.2 Å². The van der Waals surface area contributed by atoms with Crippen molar-refractivity contribution in [2.45, 2.75) is 90.9 Å². The van der Waals surface area contributed by atoms with Crippen LogP contribution in [0, 0.1) is 0 Å². The number of carbonyl (C=O) groups is 4. The van der Waals surface area contributed by atoms with Gasteiger partial charge in [-0.25, -0.2) is 14.4 Å². The smallest absolute Gasteiger partial charge is 0.480 e. The van der Waals surface area contributed by atoms with Crippen LogP contribution in [0.15, 0.2) is 18.2 Å². The molecule has 1 aromatic rings. The van der Waals surface area contributed by atoms with Gasteiger partial charge in [0, 0.05) is 5.92 Å². The first kappa shape index (κ1) is 32.5. The second-order valence-electron chi connectivity index (χ2n) is 8.71. The number of rotatable bonds is 15. The molecule has 0 spiro atoms. The van der Waals surface area contributed by atoms with Crippen molar-refractivity contribution in [2.24, 2.45) is 5.73 Å². The molecule has 4 atom stereocenters. The summed E-state index contributed by atoms with van der Waals surface area (Å²) in [6.07, 6.45) is -1.42. The number of carboxylic acid groups (broad SMARTS) is 1. The van der Waals surface area contributed by atoms with E-state index in [0.29, 0.717) is 24.8 Å². The molecule has 0 amide bonds. The SMILES string of the molecule is CCCOC(=O)Oc1ccc(C(CC(C)OC(=O)OC(C)CCC)[C@H](N)C(=O)O)cc1OC(=O)OCCC. The van der Waals surface area contributed by atoms with Crippen molar-refractivity contribution in [2.75, 3.05) is 13.2 Å². The Morgan fingerprint density at radius 1 is 0.816 bits per heavy atom. The highest BCUT2D eigenvalue weighted by molar-refractivity contribution is 5.75. The van der Waals surface area contributed by atoms with Gasteiger partial charge in [-0.15, -0.1) is 0 Å². The predicted octanol–water partition coefficient (Wildman–Crippen LogP) is 5.15. The topological polar surface area (TPSA) is 170 Å². The van der Waals surface area contributed by atoms with E-state index in [9.17, 15) is 24.3 Å². The minimum Gasteiger partial charge on any atom is -0.480 e. The number of carboxylic acids is 1. The van der Waals surface area contributed by atoms with E-state index in [1.807, 2.05) is 13.8 Å². The molecule has 38 heavy (non-hydrogen) atoms. The van der Waals surface area contributed by atoms with E-state index >= 15 is 0 Å². The highest BCUT2D eigenvalue weighted by Crippen LogP contribution is 2.35. The normalized spacial score (nSPS) is 13.8. The number of nitrogens with two attached hydrogens (primary N) is 1. The summed E-state index contributed by atoms with van der Waals surface area (Å²) in [5.74, 6) is -2.54. The van der Waals surface area contributed by atoms with Gasteiger partial charge < -0.3 is 39.3 Å². The Hall–Kier alpha value is -3.54. The van der Waals surface area contributed by atoms with E-state index in [2.05, 4.69) is 0 Å². The molecule has 214 valence electrons. The van der Waals surface area contributed by atoms with Crippen LogP contribution in [0.5, 0.6) is 11.5 Å². The molecule has 12 nitrogen and oxygen atoms in total. The van der Waals surface area contributed by atoms with E-state index in [4.69, 9.17) is 34.2 Å². The minimum absolute atomic E-state index is 0.00317. The second-order valence-corrected chi connectivity index (χ2v) is 8.71. The highest BCUT2D eigenvalue weighted by Gasteiger charge is 2.30. The van der Waals surface area contributed by atoms with Crippen molar-refractivity contribution >= 4 is 24.4 Å². The molecule has 0 heterocycles. The maximum absolute atomic E-state index is 12.1. The minimum atomic E-state index is -1.41. The van der Waals surface area contributed by atoms with E-state index in [-0.39, 0.29) is 37.2 Å². The molecule has 0 radical (unpaired) electrons. The fourth-order valence-corrected chi connectivity index (χ4v) is 3.42. The third-order valence-corrected chi connectivity index (χ3v) is 5.23. The number of benzene rings is 1. The molecule has 3 N–H and O–H groups in total. The third kappa shape index (κ3) is 11.7. The zero-order valence-corrected chi connectivity index (χ0v) is 22.6. The fraction of sp³-hybridized carbons (Fsp3) is 0.615. The number of hydrogen-bond acceptors (Lipinski definition) is 11. The van der Waals surface area contributed by atoms with Gasteiger partial charge in [-0.3, -0.25) is 4.79 Å². The molecule has 0 aliphatic carbocycles. The summed E-state index contributed by atoms with van der Waals surface area (Å²) < 4.78 is 30.7. The molecular weight excluding hydrogens is 502 g/mol. The maximum Gasteiger partial charge on any atom is 0.513 e. The lowest BCUT2D eigenvalue weighted by Crippen LogP contribution is -2.38. The average molecular weight is 542 g/mol. The van der Waals surface area contributed by atoms with Gasteiger partial charge in [-0.05, 0) is 57.2 Å². The van der Waals surface area contributed by atoms with Gasteiger partial charge in [0.15, 0.2) is 11.5 Å². The highest BCUT2D eigenvalue weighted by atomic mass is 16.7. The Kier molecular flexibility index (Phi) is 14.6. The van der Waals surface area contributed by atoms with E-state index in [0.717, 1.165) is 6.42 Å². The quantitative estimate of drug-likeness (QED) is 0.170. The largest absolute Gasteiger partial charge is 0.513 e. The van der Waals surface area contributed by atoms with Crippen molar-refractivity contribution in [3.05, 3.63) is 23.8 Å². The standard InChI is InChI=1S/C26H39NO11/c1-6-9-16(4)35-26(32)36-17(5)14-19(22(27)23(28)29)18-10-11-20(37-24(30)33-12-7-2)21(15-18)38-25(31)34-13-8-3/h10-11,15-17,19,22H,6-9,12-14,27H2,1-5H3,(H,28,29)/t16?,17?,19?,22-/m0/s1. The molecule has 1 rings (SSSR count). The Morgan fingerprint density at radius 3 is 1.89 bits per heavy atom. The monoisotopic (exact) mass is 541 g/mol.